The van der Waals surface area contributed by atoms with Crippen LogP contribution in [0, 0.1) is 6.92 Å². The molecule has 0 atom stereocenters. The van der Waals surface area contributed by atoms with Crippen LogP contribution in [0.15, 0.2) is 10.5 Å². The van der Waals surface area contributed by atoms with Crippen LogP contribution in [0.4, 0.5) is 0 Å². The quantitative estimate of drug-likeness (QED) is 0.854. The highest BCUT2D eigenvalue weighted by molar-refractivity contribution is 5.20. The van der Waals surface area contributed by atoms with Crippen molar-refractivity contribution in [2.75, 3.05) is 27.7 Å². The van der Waals surface area contributed by atoms with Gasteiger partial charge in [0.1, 0.15) is 11.5 Å². The Kier molecular flexibility index (Phi) is 4.33. The second-order valence-electron chi connectivity index (χ2n) is 6.14. The SMILES string of the molecule is Cc1oc(CN(C)CC2(N(C)C)CCC2)cc1CN. The Hall–Kier alpha value is -0.840. The van der Waals surface area contributed by atoms with E-state index < -0.39 is 0 Å². The fourth-order valence-electron chi connectivity index (χ4n) is 3.02. The molecule has 1 aromatic heterocycles. The van der Waals surface area contributed by atoms with Crippen molar-refractivity contribution < 1.29 is 4.42 Å². The number of nitrogens with zero attached hydrogens (tertiary/aromatic N) is 2. The molecule has 1 saturated carbocycles. The molecule has 1 aliphatic rings. The van der Waals surface area contributed by atoms with E-state index in [1.807, 2.05) is 6.92 Å². The summed E-state index contributed by atoms with van der Waals surface area (Å²) < 4.78 is 5.77. The topological polar surface area (TPSA) is 45.6 Å². The summed E-state index contributed by atoms with van der Waals surface area (Å²) in [5.41, 5.74) is 7.17. The van der Waals surface area contributed by atoms with E-state index in [0.29, 0.717) is 12.1 Å². The van der Waals surface area contributed by atoms with Crippen LogP contribution < -0.4 is 5.73 Å². The molecule has 0 amide bonds. The van der Waals surface area contributed by atoms with E-state index in [9.17, 15) is 0 Å². The van der Waals surface area contributed by atoms with Crippen LogP contribution in [0.3, 0.4) is 0 Å². The predicted octanol–water partition coefficient (Wildman–Crippen LogP) is 1.96. The van der Waals surface area contributed by atoms with E-state index in [1.165, 1.54) is 19.3 Å². The van der Waals surface area contributed by atoms with Gasteiger partial charge in [-0.25, -0.2) is 0 Å². The molecular formula is C15H27N3O. The van der Waals surface area contributed by atoms with Gasteiger partial charge in [0, 0.05) is 24.2 Å². The average molecular weight is 265 g/mol. The van der Waals surface area contributed by atoms with Crippen LogP contribution in [0.25, 0.3) is 0 Å². The minimum atomic E-state index is 0.368. The molecule has 1 fully saturated rings. The van der Waals surface area contributed by atoms with E-state index in [1.54, 1.807) is 0 Å². The lowest BCUT2D eigenvalue weighted by atomic mass is 9.75. The van der Waals surface area contributed by atoms with Gasteiger partial charge in [0.25, 0.3) is 0 Å². The number of hydrogen-bond acceptors (Lipinski definition) is 4. The molecule has 0 aromatic carbocycles. The van der Waals surface area contributed by atoms with Crippen molar-refractivity contribution in [1.82, 2.24) is 9.80 Å². The number of furan rings is 1. The normalized spacial score (nSPS) is 18.1. The first-order valence-corrected chi connectivity index (χ1v) is 7.11. The second-order valence-corrected chi connectivity index (χ2v) is 6.14. The Morgan fingerprint density at radius 1 is 1.32 bits per heavy atom. The molecule has 0 spiro atoms. The summed E-state index contributed by atoms with van der Waals surface area (Å²) in [5.74, 6) is 1.98. The molecule has 2 N–H and O–H groups in total. The summed E-state index contributed by atoms with van der Waals surface area (Å²) in [6.07, 6.45) is 3.95. The molecule has 4 heteroatoms. The number of nitrogens with two attached hydrogens (primary N) is 1. The largest absolute Gasteiger partial charge is 0.465 e. The van der Waals surface area contributed by atoms with Crippen molar-refractivity contribution in [3.8, 4) is 0 Å². The van der Waals surface area contributed by atoms with E-state index in [-0.39, 0.29) is 0 Å². The molecule has 1 aromatic rings. The first-order chi connectivity index (χ1) is 8.97. The molecule has 1 heterocycles. The molecule has 0 aliphatic heterocycles. The highest BCUT2D eigenvalue weighted by atomic mass is 16.3. The van der Waals surface area contributed by atoms with Gasteiger partial charge in [0.15, 0.2) is 0 Å². The van der Waals surface area contributed by atoms with Crippen LogP contribution in [0.5, 0.6) is 0 Å². The maximum absolute atomic E-state index is 5.77. The van der Waals surface area contributed by atoms with Gasteiger partial charge in [0.2, 0.25) is 0 Å². The van der Waals surface area contributed by atoms with Crippen molar-refractivity contribution in [3.63, 3.8) is 0 Å². The fraction of sp³-hybridized carbons (Fsp3) is 0.733. The van der Waals surface area contributed by atoms with Crippen LogP contribution >= 0.6 is 0 Å². The van der Waals surface area contributed by atoms with Gasteiger partial charge in [-0.05, 0) is 53.4 Å². The molecule has 0 saturated heterocycles. The summed E-state index contributed by atoms with van der Waals surface area (Å²) in [4.78, 5) is 4.74. The van der Waals surface area contributed by atoms with Crippen LogP contribution in [-0.4, -0.2) is 43.0 Å². The van der Waals surface area contributed by atoms with Crippen molar-refractivity contribution in [3.05, 3.63) is 23.2 Å². The van der Waals surface area contributed by atoms with Crippen LogP contribution in [0.1, 0.15) is 36.3 Å². The molecule has 4 nitrogen and oxygen atoms in total. The Labute approximate surface area is 116 Å². The summed E-state index contributed by atoms with van der Waals surface area (Å²) in [7, 11) is 6.55. The third-order valence-corrected chi connectivity index (χ3v) is 4.51. The maximum atomic E-state index is 5.77. The van der Waals surface area contributed by atoms with E-state index in [4.69, 9.17) is 10.2 Å². The molecular weight excluding hydrogens is 238 g/mol. The highest BCUT2D eigenvalue weighted by Crippen LogP contribution is 2.36. The van der Waals surface area contributed by atoms with Crippen LogP contribution in [0.2, 0.25) is 0 Å². The lowest BCUT2D eigenvalue weighted by molar-refractivity contribution is 0.0243. The minimum absolute atomic E-state index is 0.368. The number of rotatable bonds is 6. The smallest absolute Gasteiger partial charge is 0.118 e. The van der Waals surface area contributed by atoms with E-state index >= 15 is 0 Å². The molecule has 1 aliphatic carbocycles. The molecule has 19 heavy (non-hydrogen) atoms. The summed E-state index contributed by atoms with van der Waals surface area (Å²) in [6.45, 7) is 4.49. The minimum Gasteiger partial charge on any atom is -0.465 e. The molecule has 0 unspecified atom stereocenters. The van der Waals surface area contributed by atoms with Crippen molar-refractivity contribution in [2.45, 2.75) is 44.8 Å². The lowest BCUT2D eigenvalue weighted by Gasteiger charge is -2.49. The van der Waals surface area contributed by atoms with E-state index in [0.717, 1.165) is 30.2 Å². The van der Waals surface area contributed by atoms with Gasteiger partial charge in [-0.3, -0.25) is 4.90 Å². The molecule has 0 radical (unpaired) electrons. The van der Waals surface area contributed by atoms with E-state index in [2.05, 4.69) is 37.0 Å². The van der Waals surface area contributed by atoms with Crippen LogP contribution in [-0.2, 0) is 13.1 Å². The van der Waals surface area contributed by atoms with Gasteiger partial charge in [0.05, 0.1) is 6.54 Å². The maximum Gasteiger partial charge on any atom is 0.118 e. The average Bonchev–Trinajstić information content (AvgIpc) is 2.63. The zero-order valence-corrected chi connectivity index (χ0v) is 12.7. The summed E-state index contributed by atoms with van der Waals surface area (Å²) >= 11 is 0. The van der Waals surface area contributed by atoms with Gasteiger partial charge >= 0.3 is 0 Å². The Balaban J connectivity index is 1.95. The standard InChI is InChI=1S/C15H27N3O/c1-12-13(9-16)8-14(19-12)10-18(4)11-15(17(2)3)6-5-7-15/h8H,5-7,9-11,16H2,1-4H3. The van der Waals surface area contributed by atoms with Gasteiger partial charge < -0.3 is 15.1 Å². The van der Waals surface area contributed by atoms with Crippen molar-refractivity contribution >= 4 is 0 Å². The first-order valence-electron chi connectivity index (χ1n) is 7.11. The Morgan fingerprint density at radius 2 is 2.00 bits per heavy atom. The molecule has 108 valence electrons. The second kappa shape index (κ2) is 5.65. The summed E-state index contributed by atoms with van der Waals surface area (Å²) in [5, 5.41) is 0. The van der Waals surface area contributed by atoms with Crippen molar-refractivity contribution in [2.24, 2.45) is 5.73 Å². The zero-order valence-electron chi connectivity index (χ0n) is 12.7. The monoisotopic (exact) mass is 265 g/mol. The molecule has 2 rings (SSSR count). The third-order valence-electron chi connectivity index (χ3n) is 4.51. The lowest BCUT2D eigenvalue weighted by Crippen LogP contribution is -2.56. The van der Waals surface area contributed by atoms with Gasteiger partial charge in [-0.1, -0.05) is 0 Å². The highest BCUT2D eigenvalue weighted by Gasteiger charge is 2.39. The number of aryl methyl sites for hydroxylation is 1. The number of likely N-dealkylation sites (N-methyl/N-ethyl adjacent to an activating group) is 2. The first kappa shape index (κ1) is 14.6. The van der Waals surface area contributed by atoms with Crippen molar-refractivity contribution in [1.29, 1.82) is 0 Å². The summed E-state index contributed by atoms with van der Waals surface area (Å²) in [6, 6.07) is 2.09. The Morgan fingerprint density at radius 3 is 2.42 bits per heavy atom. The van der Waals surface area contributed by atoms with Gasteiger partial charge in [-0.2, -0.15) is 0 Å². The molecule has 0 bridgehead atoms. The fourth-order valence-corrected chi connectivity index (χ4v) is 3.02. The number of hydrogen-bond donors (Lipinski definition) is 1. The predicted molar refractivity (Wildman–Crippen MR) is 77.9 cm³/mol. The third kappa shape index (κ3) is 3.02. The Bertz CT molecular complexity index is 421. The zero-order chi connectivity index (χ0) is 14.0. The van der Waals surface area contributed by atoms with Gasteiger partial charge in [-0.15, -0.1) is 0 Å².